The van der Waals surface area contributed by atoms with Crippen molar-refractivity contribution >= 4 is 21.6 Å². The standard InChI is InChI=1S/C27H32N2O5S/c1-3-33-25-15-11-22(12-16-25)10-7-19-28-27(30)20-29(35(2,31)32)24-13-17-26(18-14-24)34-21-23-8-5-4-6-9-23/h4-6,8-9,11-18H,3,7,10,19-21H2,1-2H3,(H,28,30). The summed E-state index contributed by atoms with van der Waals surface area (Å²) in [7, 11) is -3.64. The number of carbonyl (C=O) groups is 1. The maximum absolute atomic E-state index is 12.5. The van der Waals surface area contributed by atoms with Crippen LogP contribution >= 0.6 is 0 Å². The van der Waals surface area contributed by atoms with Crippen LogP contribution in [0.3, 0.4) is 0 Å². The van der Waals surface area contributed by atoms with E-state index in [4.69, 9.17) is 9.47 Å². The number of sulfonamides is 1. The first-order valence-electron chi connectivity index (χ1n) is 11.6. The second-order valence-corrected chi connectivity index (χ2v) is 9.98. The lowest BCUT2D eigenvalue weighted by Gasteiger charge is -2.22. The van der Waals surface area contributed by atoms with Crippen LogP contribution < -0.4 is 19.1 Å². The van der Waals surface area contributed by atoms with Gasteiger partial charge in [-0.05, 0) is 67.3 Å². The summed E-state index contributed by atoms with van der Waals surface area (Å²) in [4.78, 5) is 12.5. The molecule has 0 aromatic heterocycles. The quantitative estimate of drug-likeness (QED) is 0.359. The molecule has 0 aliphatic carbocycles. The van der Waals surface area contributed by atoms with Gasteiger partial charge in [0.25, 0.3) is 0 Å². The number of aryl methyl sites for hydroxylation is 1. The number of carbonyl (C=O) groups excluding carboxylic acids is 1. The smallest absolute Gasteiger partial charge is 0.240 e. The minimum absolute atomic E-state index is 0.286. The van der Waals surface area contributed by atoms with Gasteiger partial charge in [0.1, 0.15) is 24.7 Å². The zero-order valence-corrected chi connectivity index (χ0v) is 21.0. The van der Waals surface area contributed by atoms with Crippen LogP contribution in [0.1, 0.15) is 24.5 Å². The lowest BCUT2D eigenvalue weighted by Crippen LogP contribution is -2.40. The first-order chi connectivity index (χ1) is 16.8. The molecule has 3 aromatic rings. The SMILES string of the molecule is CCOc1ccc(CCCNC(=O)CN(c2ccc(OCc3ccccc3)cc2)S(C)(=O)=O)cc1. The Bertz CT molecular complexity index is 1160. The highest BCUT2D eigenvalue weighted by Gasteiger charge is 2.20. The Morgan fingerprint density at radius 2 is 1.49 bits per heavy atom. The summed E-state index contributed by atoms with van der Waals surface area (Å²) in [6, 6.07) is 24.3. The van der Waals surface area contributed by atoms with Crippen molar-refractivity contribution in [2.75, 3.05) is 30.3 Å². The van der Waals surface area contributed by atoms with Crippen molar-refractivity contribution in [3.05, 3.63) is 90.0 Å². The van der Waals surface area contributed by atoms with E-state index in [-0.39, 0.29) is 12.5 Å². The van der Waals surface area contributed by atoms with E-state index in [0.717, 1.165) is 40.3 Å². The minimum Gasteiger partial charge on any atom is -0.494 e. The number of ether oxygens (including phenoxy) is 2. The topological polar surface area (TPSA) is 84.9 Å². The summed E-state index contributed by atoms with van der Waals surface area (Å²) in [6.45, 7) is 3.15. The molecular weight excluding hydrogens is 464 g/mol. The highest BCUT2D eigenvalue weighted by molar-refractivity contribution is 7.92. The van der Waals surface area contributed by atoms with E-state index in [0.29, 0.717) is 31.2 Å². The van der Waals surface area contributed by atoms with Crippen molar-refractivity contribution < 1.29 is 22.7 Å². The summed E-state index contributed by atoms with van der Waals surface area (Å²) in [6.07, 6.45) is 2.63. The first-order valence-corrected chi connectivity index (χ1v) is 13.4. The summed E-state index contributed by atoms with van der Waals surface area (Å²) in [5.41, 5.74) is 2.59. The Balaban J connectivity index is 1.49. The van der Waals surface area contributed by atoms with Crippen molar-refractivity contribution in [2.24, 2.45) is 0 Å². The normalized spacial score (nSPS) is 11.0. The summed E-state index contributed by atoms with van der Waals surface area (Å²) in [5.74, 6) is 1.09. The van der Waals surface area contributed by atoms with Gasteiger partial charge in [-0.1, -0.05) is 42.5 Å². The lowest BCUT2D eigenvalue weighted by molar-refractivity contribution is -0.119. The summed E-state index contributed by atoms with van der Waals surface area (Å²) in [5, 5.41) is 2.81. The first kappa shape index (κ1) is 26.1. The molecule has 8 heteroatoms. The van der Waals surface area contributed by atoms with Gasteiger partial charge in [0.15, 0.2) is 0 Å². The molecule has 0 aliphatic rings. The van der Waals surface area contributed by atoms with Gasteiger partial charge in [-0.25, -0.2) is 8.42 Å². The molecule has 0 saturated heterocycles. The molecule has 0 radical (unpaired) electrons. The Morgan fingerprint density at radius 1 is 0.857 bits per heavy atom. The van der Waals surface area contributed by atoms with Gasteiger partial charge in [-0.2, -0.15) is 0 Å². The maximum atomic E-state index is 12.5. The summed E-state index contributed by atoms with van der Waals surface area (Å²) >= 11 is 0. The number of hydrogen-bond acceptors (Lipinski definition) is 5. The van der Waals surface area contributed by atoms with Crippen LogP contribution in [0.5, 0.6) is 11.5 Å². The van der Waals surface area contributed by atoms with Crippen molar-refractivity contribution in [3.63, 3.8) is 0 Å². The third-order valence-corrected chi connectivity index (χ3v) is 6.40. The van der Waals surface area contributed by atoms with Crippen molar-refractivity contribution in [1.29, 1.82) is 0 Å². The van der Waals surface area contributed by atoms with Crippen LogP contribution in [0.2, 0.25) is 0 Å². The average Bonchev–Trinajstić information content (AvgIpc) is 2.85. The van der Waals surface area contributed by atoms with Gasteiger partial charge in [0, 0.05) is 6.54 Å². The molecule has 1 N–H and O–H groups in total. The molecule has 0 heterocycles. The molecule has 0 unspecified atom stereocenters. The third kappa shape index (κ3) is 8.64. The number of hydrogen-bond donors (Lipinski definition) is 1. The second kappa shape index (κ2) is 12.8. The molecule has 0 spiro atoms. The third-order valence-electron chi connectivity index (χ3n) is 5.26. The lowest BCUT2D eigenvalue weighted by atomic mass is 10.1. The van der Waals surface area contributed by atoms with E-state index in [2.05, 4.69) is 5.32 Å². The average molecular weight is 497 g/mol. The van der Waals surface area contributed by atoms with Crippen molar-refractivity contribution in [3.8, 4) is 11.5 Å². The predicted molar refractivity (Wildman–Crippen MR) is 138 cm³/mol. The zero-order valence-electron chi connectivity index (χ0n) is 20.1. The maximum Gasteiger partial charge on any atom is 0.240 e. The van der Waals surface area contributed by atoms with Crippen LogP contribution in [-0.2, 0) is 27.8 Å². The van der Waals surface area contributed by atoms with Crippen molar-refractivity contribution in [1.82, 2.24) is 5.32 Å². The fraction of sp³-hybridized carbons (Fsp3) is 0.296. The van der Waals surface area contributed by atoms with E-state index in [1.807, 2.05) is 61.5 Å². The Morgan fingerprint density at radius 3 is 2.11 bits per heavy atom. The van der Waals surface area contributed by atoms with Gasteiger partial charge in [-0.3, -0.25) is 9.10 Å². The molecule has 0 bridgehead atoms. The van der Waals surface area contributed by atoms with Gasteiger partial charge in [0.05, 0.1) is 18.6 Å². The second-order valence-electron chi connectivity index (χ2n) is 8.07. The van der Waals surface area contributed by atoms with Crippen LogP contribution in [0.4, 0.5) is 5.69 Å². The Labute approximate surface area is 207 Å². The number of nitrogens with zero attached hydrogens (tertiary/aromatic N) is 1. The minimum atomic E-state index is -3.64. The number of benzene rings is 3. The molecule has 0 saturated carbocycles. The Hall–Kier alpha value is -3.52. The molecule has 186 valence electrons. The van der Waals surface area contributed by atoms with E-state index < -0.39 is 10.0 Å². The fourth-order valence-corrected chi connectivity index (χ4v) is 4.33. The molecule has 3 rings (SSSR count). The van der Waals surface area contributed by atoms with E-state index in [1.54, 1.807) is 24.3 Å². The van der Waals surface area contributed by atoms with E-state index >= 15 is 0 Å². The van der Waals surface area contributed by atoms with Gasteiger partial charge >= 0.3 is 0 Å². The molecule has 0 fully saturated rings. The van der Waals surface area contributed by atoms with E-state index in [9.17, 15) is 13.2 Å². The monoisotopic (exact) mass is 496 g/mol. The van der Waals surface area contributed by atoms with Gasteiger partial charge < -0.3 is 14.8 Å². The molecule has 7 nitrogen and oxygen atoms in total. The zero-order chi connectivity index (χ0) is 25.1. The van der Waals surface area contributed by atoms with Crippen LogP contribution in [0, 0.1) is 0 Å². The number of nitrogens with one attached hydrogen (secondary N) is 1. The molecule has 35 heavy (non-hydrogen) atoms. The largest absolute Gasteiger partial charge is 0.494 e. The van der Waals surface area contributed by atoms with Crippen LogP contribution in [0.15, 0.2) is 78.9 Å². The van der Waals surface area contributed by atoms with Gasteiger partial charge in [0.2, 0.25) is 15.9 Å². The molecule has 0 aliphatic heterocycles. The molecule has 3 aromatic carbocycles. The van der Waals surface area contributed by atoms with Gasteiger partial charge in [-0.15, -0.1) is 0 Å². The molecular formula is C27H32N2O5S. The highest BCUT2D eigenvalue weighted by Crippen LogP contribution is 2.22. The van der Waals surface area contributed by atoms with Crippen molar-refractivity contribution in [2.45, 2.75) is 26.4 Å². The fourth-order valence-electron chi connectivity index (χ4n) is 3.48. The molecule has 1 amide bonds. The highest BCUT2D eigenvalue weighted by atomic mass is 32.2. The number of anilines is 1. The van der Waals surface area contributed by atoms with E-state index in [1.165, 1.54) is 0 Å². The van der Waals surface area contributed by atoms with Crippen LogP contribution in [-0.4, -0.2) is 40.3 Å². The number of amides is 1. The predicted octanol–water partition coefficient (Wildman–Crippen LogP) is 4.18. The van der Waals surface area contributed by atoms with Crippen LogP contribution in [0.25, 0.3) is 0 Å². The molecule has 0 atom stereocenters. The summed E-state index contributed by atoms with van der Waals surface area (Å²) < 4.78 is 37.0. The number of rotatable bonds is 13. The Kier molecular flexibility index (Phi) is 9.55.